The van der Waals surface area contributed by atoms with Crippen molar-refractivity contribution in [2.75, 3.05) is 5.73 Å². The summed E-state index contributed by atoms with van der Waals surface area (Å²) in [6, 6.07) is 0. The molecule has 0 atom stereocenters. The highest BCUT2D eigenvalue weighted by molar-refractivity contribution is 7.16. The summed E-state index contributed by atoms with van der Waals surface area (Å²) in [5.74, 6) is 0.628. The van der Waals surface area contributed by atoms with Crippen molar-refractivity contribution in [1.82, 2.24) is 14.5 Å². The predicted molar refractivity (Wildman–Crippen MR) is 79.2 cm³/mol. The van der Waals surface area contributed by atoms with Crippen LogP contribution in [0.15, 0.2) is 12.5 Å². The van der Waals surface area contributed by atoms with Crippen molar-refractivity contribution in [2.24, 2.45) is 0 Å². The number of hydrogen-bond acceptors (Lipinski definition) is 4. The van der Waals surface area contributed by atoms with Crippen LogP contribution in [0.2, 0.25) is 0 Å². The van der Waals surface area contributed by atoms with E-state index in [1.165, 1.54) is 30.7 Å². The molecule has 3 rings (SSSR count). The molecule has 0 saturated heterocycles. The summed E-state index contributed by atoms with van der Waals surface area (Å²) < 4.78 is 2.14. The minimum absolute atomic E-state index is 0.628. The molecule has 0 bridgehead atoms. The molecule has 0 aliphatic heterocycles. The molecule has 0 spiro atoms. The molecule has 1 saturated carbocycles. The third kappa shape index (κ3) is 2.39. The number of nitrogen functional groups attached to an aromatic ring is 1. The van der Waals surface area contributed by atoms with Crippen molar-refractivity contribution >= 4 is 16.3 Å². The second kappa shape index (κ2) is 5.33. The Morgan fingerprint density at radius 3 is 2.95 bits per heavy atom. The molecule has 0 aromatic carbocycles. The van der Waals surface area contributed by atoms with Gasteiger partial charge in [0.1, 0.15) is 10.7 Å². The molecule has 5 heteroatoms. The standard InChI is InChI=1S/C14H20N4S/c1-2-7-18-9-16-8-11(18)12-13(15)19-14(17-12)10-5-3-4-6-10/h8-10H,2-7,15H2,1H3. The lowest BCUT2D eigenvalue weighted by atomic mass is 10.1. The number of hydrogen-bond donors (Lipinski definition) is 1. The van der Waals surface area contributed by atoms with E-state index in [4.69, 9.17) is 10.7 Å². The first-order chi connectivity index (χ1) is 9.29. The van der Waals surface area contributed by atoms with Crippen molar-refractivity contribution in [3.63, 3.8) is 0 Å². The molecule has 19 heavy (non-hydrogen) atoms. The number of aromatic nitrogens is 3. The van der Waals surface area contributed by atoms with Crippen molar-refractivity contribution < 1.29 is 0 Å². The average molecular weight is 276 g/mol. The van der Waals surface area contributed by atoms with Crippen LogP contribution in [-0.2, 0) is 6.54 Å². The minimum Gasteiger partial charge on any atom is -0.389 e. The van der Waals surface area contributed by atoms with Gasteiger partial charge in [-0.15, -0.1) is 11.3 Å². The third-order valence-corrected chi connectivity index (χ3v) is 4.84. The van der Waals surface area contributed by atoms with Crippen LogP contribution in [0.1, 0.15) is 50.0 Å². The fourth-order valence-electron chi connectivity index (χ4n) is 2.82. The van der Waals surface area contributed by atoms with Crippen LogP contribution in [-0.4, -0.2) is 14.5 Å². The molecule has 2 heterocycles. The summed E-state index contributed by atoms with van der Waals surface area (Å²) in [5.41, 5.74) is 8.16. The monoisotopic (exact) mass is 276 g/mol. The van der Waals surface area contributed by atoms with E-state index in [2.05, 4.69) is 16.5 Å². The van der Waals surface area contributed by atoms with E-state index in [0.29, 0.717) is 5.92 Å². The highest BCUT2D eigenvalue weighted by Gasteiger charge is 2.23. The second-order valence-corrected chi connectivity index (χ2v) is 6.28. The Morgan fingerprint density at radius 1 is 1.42 bits per heavy atom. The number of anilines is 1. The zero-order valence-corrected chi connectivity index (χ0v) is 12.1. The third-order valence-electron chi connectivity index (χ3n) is 3.79. The van der Waals surface area contributed by atoms with Crippen LogP contribution in [0.5, 0.6) is 0 Å². The summed E-state index contributed by atoms with van der Waals surface area (Å²) in [6.45, 7) is 3.13. The first-order valence-electron chi connectivity index (χ1n) is 7.06. The van der Waals surface area contributed by atoms with Gasteiger partial charge in [0, 0.05) is 12.5 Å². The van der Waals surface area contributed by atoms with Gasteiger partial charge in [0.25, 0.3) is 0 Å². The van der Waals surface area contributed by atoms with Gasteiger partial charge in [0.05, 0.1) is 23.2 Å². The van der Waals surface area contributed by atoms with Crippen molar-refractivity contribution in [3.05, 3.63) is 17.5 Å². The summed E-state index contributed by atoms with van der Waals surface area (Å²) >= 11 is 1.66. The van der Waals surface area contributed by atoms with Crippen LogP contribution in [0, 0.1) is 0 Å². The number of aryl methyl sites for hydroxylation is 1. The van der Waals surface area contributed by atoms with Crippen LogP contribution in [0.3, 0.4) is 0 Å². The van der Waals surface area contributed by atoms with E-state index >= 15 is 0 Å². The Labute approximate surface area is 117 Å². The molecule has 0 radical (unpaired) electrons. The number of imidazole rings is 1. The molecular formula is C14H20N4S. The van der Waals surface area contributed by atoms with Gasteiger partial charge < -0.3 is 10.3 Å². The maximum Gasteiger partial charge on any atom is 0.123 e. The second-order valence-electron chi connectivity index (χ2n) is 5.22. The Morgan fingerprint density at radius 2 is 2.21 bits per heavy atom. The van der Waals surface area contributed by atoms with E-state index in [1.807, 2.05) is 12.5 Å². The van der Waals surface area contributed by atoms with Gasteiger partial charge in [-0.25, -0.2) is 9.97 Å². The predicted octanol–water partition coefficient (Wildman–Crippen LogP) is 3.66. The molecule has 1 aliphatic carbocycles. The van der Waals surface area contributed by atoms with Crippen molar-refractivity contribution in [3.8, 4) is 11.4 Å². The Balaban J connectivity index is 1.93. The van der Waals surface area contributed by atoms with Gasteiger partial charge in [-0.3, -0.25) is 0 Å². The molecule has 2 N–H and O–H groups in total. The number of nitrogens with two attached hydrogens (primary N) is 1. The van der Waals surface area contributed by atoms with Gasteiger partial charge in [0.15, 0.2) is 0 Å². The van der Waals surface area contributed by atoms with Crippen LogP contribution >= 0.6 is 11.3 Å². The van der Waals surface area contributed by atoms with Crippen molar-refractivity contribution in [2.45, 2.75) is 51.5 Å². The summed E-state index contributed by atoms with van der Waals surface area (Å²) in [5, 5.41) is 2.05. The number of thiazole rings is 1. The maximum atomic E-state index is 6.18. The number of rotatable bonds is 4. The van der Waals surface area contributed by atoms with Gasteiger partial charge in [-0.1, -0.05) is 19.8 Å². The molecular weight excluding hydrogens is 256 g/mol. The zero-order valence-electron chi connectivity index (χ0n) is 11.3. The largest absolute Gasteiger partial charge is 0.389 e. The summed E-state index contributed by atoms with van der Waals surface area (Å²) in [4.78, 5) is 9.05. The Hall–Kier alpha value is -1.36. The van der Waals surface area contributed by atoms with Gasteiger partial charge in [-0.2, -0.15) is 0 Å². The number of nitrogens with zero attached hydrogens (tertiary/aromatic N) is 3. The van der Waals surface area contributed by atoms with Gasteiger partial charge in [-0.05, 0) is 19.3 Å². The van der Waals surface area contributed by atoms with E-state index in [9.17, 15) is 0 Å². The fourth-order valence-corrected chi connectivity index (χ4v) is 3.83. The van der Waals surface area contributed by atoms with Crippen LogP contribution in [0.4, 0.5) is 5.00 Å². The van der Waals surface area contributed by atoms with E-state index < -0.39 is 0 Å². The maximum absolute atomic E-state index is 6.18. The topological polar surface area (TPSA) is 56.7 Å². The molecule has 102 valence electrons. The van der Waals surface area contributed by atoms with E-state index in [-0.39, 0.29) is 0 Å². The average Bonchev–Trinajstić information content (AvgIpc) is 3.08. The molecule has 0 unspecified atom stereocenters. The lowest BCUT2D eigenvalue weighted by Gasteiger charge is -2.05. The lowest BCUT2D eigenvalue weighted by molar-refractivity contribution is 0.681. The van der Waals surface area contributed by atoms with E-state index in [0.717, 1.165) is 29.4 Å². The minimum atomic E-state index is 0.628. The molecule has 2 aromatic heterocycles. The lowest BCUT2D eigenvalue weighted by Crippen LogP contribution is -1.99. The first kappa shape index (κ1) is 12.7. The highest BCUT2D eigenvalue weighted by atomic mass is 32.1. The molecule has 0 amide bonds. The van der Waals surface area contributed by atoms with E-state index in [1.54, 1.807) is 11.3 Å². The smallest absolute Gasteiger partial charge is 0.123 e. The molecule has 1 fully saturated rings. The Kier molecular flexibility index (Phi) is 3.55. The molecule has 2 aromatic rings. The first-order valence-corrected chi connectivity index (χ1v) is 7.88. The molecule has 1 aliphatic rings. The van der Waals surface area contributed by atoms with Gasteiger partial charge in [0.2, 0.25) is 0 Å². The summed E-state index contributed by atoms with van der Waals surface area (Å²) in [6.07, 6.45) is 10.0. The summed E-state index contributed by atoms with van der Waals surface area (Å²) in [7, 11) is 0. The normalized spacial score (nSPS) is 16.3. The fraction of sp³-hybridized carbons (Fsp3) is 0.571. The van der Waals surface area contributed by atoms with Crippen molar-refractivity contribution in [1.29, 1.82) is 0 Å². The van der Waals surface area contributed by atoms with Crippen LogP contribution < -0.4 is 5.73 Å². The van der Waals surface area contributed by atoms with Crippen LogP contribution in [0.25, 0.3) is 11.4 Å². The zero-order chi connectivity index (χ0) is 13.2. The quantitative estimate of drug-likeness (QED) is 0.927. The highest BCUT2D eigenvalue weighted by Crippen LogP contribution is 2.40. The molecule has 4 nitrogen and oxygen atoms in total. The Bertz CT molecular complexity index is 552. The van der Waals surface area contributed by atoms with Gasteiger partial charge >= 0.3 is 0 Å². The SMILES string of the molecule is CCCn1cncc1-c1nc(C2CCCC2)sc1N.